The second-order valence-corrected chi connectivity index (χ2v) is 15.9. The van der Waals surface area contributed by atoms with Gasteiger partial charge in [-0.15, -0.1) is 0 Å². The molecule has 1 aliphatic carbocycles. The molecular weight excluding hydrogens is 739 g/mol. The zero-order chi connectivity index (χ0) is 40.3. The first-order chi connectivity index (χ1) is 30.3. The van der Waals surface area contributed by atoms with Crippen molar-refractivity contribution in [2.45, 2.75) is 5.41 Å². The van der Waals surface area contributed by atoms with Crippen LogP contribution in [-0.2, 0) is 5.41 Å². The standard InChI is InChI=1S/C58H37N3/c1-4-19-39(20-5-1)55-59-56(41-33-35-53-51(37-41)46-28-16-17-31-52(46)58(53,42-22-6-2-7-23-42)43-24-8-3-9-25-43)61-57(60-55)49-30-15-14-29-47(49)54-45-27-13-11-21-40(45)36-50-44-26-12-10-18-38(44)32-34-48(50)54/h1-37H. The van der Waals surface area contributed by atoms with Gasteiger partial charge in [0.05, 0.1) is 5.41 Å². The fourth-order valence-corrected chi connectivity index (χ4v) is 9.94. The molecule has 0 N–H and O–H groups in total. The Hall–Kier alpha value is -8.01. The topological polar surface area (TPSA) is 38.7 Å². The van der Waals surface area contributed by atoms with Crippen molar-refractivity contribution in [2.24, 2.45) is 0 Å². The molecule has 0 amide bonds. The molecule has 1 heterocycles. The molecular formula is C58H37N3. The van der Waals surface area contributed by atoms with Crippen molar-refractivity contribution in [1.29, 1.82) is 0 Å². The molecule has 0 saturated heterocycles. The van der Waals surface area contributed by atoms with E-state index in [1.165, 1.54) is 71.3 Å². The molecule has 0 radical (unpaired) electrons. The summed E-state index contributed by atoms with van der Waals surface area (Å²) in [5, 5.41) is 7.26. The van der Waals surface area contributed by atoms with Crippen LogP contribution in [0, 0.1) is 0 Å². The van der Waals surface area contributed by atoms with Crippen molar-refractivity contribution < 1.29 is 0 Å². The van der Waals surface area contributed by atoms with Gasteiger partial charge < -0.3 is 0 Å². The third-order valence-corrected chi connectivity index (χ3v) is 12.6. The van der Waals surface area contributed by atoms with Crippen LogP contribution in [0.15, 0.2) is 224 Å². The minimum Gasteiger partial charge on any atom is -0.208 e. The summed E-state index contributed by atoms with van der Waals surface area (Å²) < 4.78 is 0. The summed E-state index contributed by atoms with van der Waals surface area (Å²) >= 11 is 0. The quantitative estimate of drug-likeness (QED) is 0.125. The Balaban J connectivity index is 1.10. The van der Waals surface area contributed by atoms with E-state index in [1.807, 2.05) is 18.2 Å². The monoisotopic (exact) mass is 775 g/mol. The Morgan fingerprint density at radius 2 is 0.820 bits per heavy atom. The van der Waals surface area contributed by atoms with Crippen LogP contribution in [0.25, 0.3) is 88.7 Å². The maximum Gasteiger partial charge on any atom is 0.164 e. The lowest BCUT2D eigenvalue weighted by molar-refractivity contribution is 0.768. The number of hydrogen-bond acceptors (Lipinski definition) is 3. The van der Waals surface area contributed by atoms with Crippen molar-refractivity contribution >= 4 is 32.3 Å². The van der Waals surface area contributed by atoms with Crippen molar-refractivity contribution in [3.8, 4) is 56.4 Å². The van der Waals surface area contributed by atoms with Crippen molar-refractivity contribution in [3.63, 3.8) is 0 Å². The van der Waals surface area contributed by atoms with Gasteiger partial charge in [-0.3, -0.25) is 0 Å². The Labute approximate surface area is 354 Å². The van der Waals surface area contributed by atoms with Crippen molar-refractivity contribution in [2.75, 3.05) is 0 Å². The molecule has 0 bridgehead atoms. The van der Waals surface area contributed by atoms with E-state index in [0.717, 1.165) is 22.3 Å². The molecule has 0 aliphatic heterocycles. The van der Waals surface area contributed by atoms with E-state index >= 15 is 0 Å². The highest BCUT2D eigenvalue weighted by Gasteiger charge is 2.46. The third-order valence-electron chi connectivity index (χ3n) is 12.6. The average molecular weight is 776 g/mol. The fourth-order valence-electron chi connectivity index (χ4n) is 9.94. The third kappa shape index (κ3) is 5.48. The summed E-state index contributed by atoms with van der Waals surface area (Å²) in [4.78, 5) is 15.9. The van der Waals surface area contributed by atoms with Crippen LogP contribution in [0.3, 0.4) is 0 Å². The van der Waals surface area contributed by atoms with Crippen LogP contribution in [0.4, 0.5) is 0 Å². The van der Waals surface area contributed by atoms with Crippen LogP contribution >= 0.6 is 0 Å². The molecule has 3 heteroatoms. The molecule has 61 heavy (non-hydrogen) atoms. The molecule has 0 spiro atoms. The molecule has 11 aromatic rings. The lowest BCUT2D eigenvalue weighted by atomic mass is 9.67. The van der Waals surface area contributed by atoms with Gasteiger partial charge in [-0.2, -0.15) is 0 Å². The number of aromatic nitrogens is 3. The maximum atomic E-state index is 5.41. The van der Waals surface area contributed by atoms with E-state index < -0.39 is 5.41 Å². The first-order valence-electron chi connectivity index (χ1n) is 20.9. The molecule has 10 aromatic carbocycles. The van der Waals surface area contributed by atoms with Crippen molar-refractivity contribution in [1.82, 2.24) is 15.0 Å². The predicted molar refractivity (Wildman–Crippen MR) is 251 cm³/mol. The molecule has 0 unspecified atom stereocenters. The van der Waals surface area contributed by atoms with Gasteiger partial charge in [0, 0.05) is 16.7 Å². The summed E-state index contributed by atoms with van der Waals surface area (Å²) in [6, 6.07) is 80.5. The zero-order valence-corrected chi connectivity index (χ0v) is 33.2. The lowest BCUT2D eigenvalue weighted by Gasteiger charge is -2.33. The van der Waals surface area contributed by atoms with E-state index in [4.69, 9.17) is 15.0 Å². The van der Waals surface area contributed by atoms with E-state index in [2.05, 4.69) is 206 Å². The maximum absolute atomic E-state index is 5.41. The molecule has 1 aromatic heterocycles. The molecule has 1 aliphatic rings. The smallest absolute Gasteiger partial charge is 0.164 e. The molecule has 12 rings (SSSR count). The highest BCUT2D eigenvalue weighted by molar-refractivity contribution is 6.21. The second kappa shape index (κ2) is 14.1. The van der Waals surface area contributed by atoms with Gasteiger partial charge in [0.2, 0.25) is 0 Å². The van der Waals surface area contributed by atoms with Gasteiger partial charge in [-0.1, -0.05) is 212 Å². The number of benzene rings is 10. The van der Waals surface area contributed by atoms with Gasteiger partial charge in [-0.05, 0) is 89.0 Å². The van der Waals surface area contributed by atoms with Crippen LogP contribution in [0.2, 0.25) is 0 Å². The fraction of sp³-hybridized carbons (Fsp3) is 0.0172. The molecule has 284 valence electrons. The van der Waals surface area contributed by atoms with Crippen molar-refractivity contribution in [3.05, 3.63) is 247 Å². The highest BCUT2D eigenvalue weighted by atomic mass is 15.0. The first kappa shape index (κ1) is 35.0. The Bertz CT molecular complexity index is 3430. The zero-order valence-electron chi connectivity index (χ0n) is 33.2. The summed E-state index contributed by atoms with van der Waals surface area (Å²) in [5.74, 6) is 1.89. The van der Waals surface area contributed by atoms with Crippen LogP contribution in [0.5, 0.6) is 0 Å². The molecule has 3 nitrogen and oxygen atoms in total. The second-order valence-electron chi connectivity index (χ2n) is 15.9. The summed E-state index contributed by atoms with van der Waals surface area (Å²) in [5.41, 5.74) is 12.0. The molecule has 0 saturated carbocycles. The Morgan fingerprint density at radius 3 is 1.56 bits per heavy atom. The number of rotatable bonds is 6. The lowest BCUT2D eigenvalue weighted by Crippen LogP contribution is -2.28. The Kier molecular flexibility index (Phi) is 8.07. The van der Waals surface area contributed by atoms with E-state index in [0.29, 0.717) is 17.5 Å². The normalized spacial score (nSPS) is 12.7. The SMILES string of the molecule is c1ccc(-c2nc(-c3ccc4c(c3)-c3ccccc3C4(c3ccccc3)c3ccccc3)nc(-c3ccccc3-c3c4ccccc4cc4c3ccc3ccccc34)n2)cc1. The molecule has 0 fully saturated rings. The van der Waals surface area contributed by atoms with Gasteiger partial charge in [0.1, 0.15) is 0 Å². The van der Waals surface area contributed by atoms with Gasteiger partial charge in [-0.25, -0.2) is 15.0 Å². The van der Waals surface area contributed by atoms with Crippen LogP contribution in [-0.4, -0.2) is 15.0 Å². The summed E-state index contributed by atoms with van der Waals surface area (Å²) in [6.45, 7) is 0. The first-order valence-corrected chi connectivity index (χ1v) is 20.9. The largest absolute Gasteiger partial charge is 0.208 e. The number of hydrogen-bond donors (Lipinski definition) is 0. The number of nitrogens with zero attached hydrogens (tertiary/aromatic N) is 3. The predicted octanol–water partition coefficient (Wildman–Crippen LogP) is 14.4. The average Bonchev–Trinajstić information content (AvgIpc) is 3.64. The van der Waals surface area contributed by atoms with Crippen LogP contribution in [0.1, 0.15) is 22.3 Å². The minimum absolute atomic E-state index is 0.488. The van der Waals surface area contributed by atoms with Gasteiger partial charge >= 0.3 is 0 Å². The van der Waals surface area contributed by atoms with E-state index in [1.54, 1.807) is 0 Å². The minimum atomic E-state index is -0.488. The van der Waals surface area contributed by atoms with E-state index in [-0.39, 0.29) is 0 Å². The van der Waals surface area contributed by atoms with Gasteiger partial charge in [0.15, 0.2) is 17.5 Å². The summed E-state index contributed by atoms with van der Waals surface area (Å²) in [7, 11) is 0. The highest BCUT2D eigenvalue weighted by Crippen LogP contribution is 2.56. The molecule has 0 atom stereocenters. The Morgan fingerprint density at radius 1 is 0.279 bits per heavy atom. The van der Waals surface area contributed by atoms with Gasteiger partial charge in [0.25, 0.3) is 0 Å². The summed E-state index contributed by atoms with van der Waals surface area (Å²) in [6.07, 6.45) is 0. The van der Waals surface area contributed by atoms with E-state index in [9.17, 15) is 0 Å². The van der Waals surface area contributed by atoms with Crippen LogP contribution < -0.4 is 0 Å². The number of fused-ring (bicyclic) bond motifs is 7.